The van der Waals surface area contributed by atoms with Crippen LogP contribution >= 0.6 is 0 Å². The maximum Gasteiger partial charge on any atom is 0.141 e. The van der Waals surface area contributed by atoms with Gasteiger partial charge in [-0.2, -0.15) is 5.26 Å². The van der Waals surface area contributed by atoms with Gasteiger partial charge in [-0.25, -0.2) is 0 Å². The number of likely N-dealkylation sites (N-methyl/N-ethyl adjacent to an activating group) is 1. The number of rotatable bonds is 0. The second-order valence-electron chi connectivity index (χ2n) is 8.79. The highest BCUT2D eigenvalue weighted by molar-refractivity contribution is 5.62. The fraction of sp³-hybridized carbons (Fsp3) is 0.667. The maximum atomic E-state index is 9.66. The van der Waals surface area contributed by atoms with Crippen LogP contribution in [-0.2, 0) is 16.6 Å². The van der Waals surface area contributed by atoms with Crippen LogP contribution < -0.4 is 4.74 Å². The number of ether oxygens (including phenoxy) is 2. The normalized spacial score (nSPS) is 43.6. The molecule has 0 N–H and O–H groups in total. The van der Waals surface area contributed by atoms with Gasteiger partial charge in [-0.3, -0.25) is 0 Å². The summed E-state index contributed by atoms with van der Waals surface area (Å²) in [6.45, 7) is 1.98. The van der Waals surface area contributed by atoms with Crippen LogP contribution in [0, 0.1) is 17.2 Å². The van der Waals surface area contributed by atoms with Gasteiger partial charge in [0.05, 0.1) is 5.56 Å². The molecule has 6 rings (SSSR count). The monoisotopic (exact) mass is 336 g/mol. The van der Waals surface area contributed by atoms with Gasteiger partial charge in [-0.15, -0.1) is 0 Å². The molecular weight excluding hydrogens is 312 g/mol. The molecule has 2 aliphatic carbocycles. The molecule has 4 heteroatoms. The average Bonchev–Trinajstić information content (AvgIpc) is 3.23. The summed E-state index contributed by atoms with van der Waals surface area (Å²) in [4.78, 5) is 2.57. The van der Waals surface area contributed by atoms with Gasteiger partial charge < -0.3 is 14.4 Å². The summed E-state index contributed by atoms with van der Waals surface area (Å²) in [5, 5.41) is 9.66. The predicted octanol–water partition coefficient (Wildman–Crippen LogP) is 2.78. The van der Waals surface area contributed by atoms with Crippen molar-refractivity contribution in [3.05, 3.63) is 28.8 Å². The van der Waals surface area contributed by atoms with Gasteiger partial charge in [0.15, 0.2) is 0 Å². The molecule has 1 aromatic rings. The van der Waals surface area contributed by atoms with Gasteiger partial charge in [0.1, 0.15) is 23.5 Å². The van der Waals surface area contributed by atoms with E-state index >= 15 is 0 Å². The van der Waals surface area contributed by atoms with E-state index < -0.39 is 0 Å². The minimum atomic E-state index is -0.128. The molecule has 0 aromatic heterocycles. The highest BCUT2D eigenvalue weighted by Gasteiger charge is 2.70. The van der Waals surface area contributed by atoms with E-state index in [2.05, 4.69) is 24.1 Å². The third-order valence-electron chi connectivity index (χ3n) is 8.02. The Labute approximate surface area is 148 Å². The highest BCUT2D eigenvalue weighted by Crippen LogP contribution is 2.66. The Hall–Kier alpha value is -1.57. The molecule has 3 aliphatic heterocycles. The molecule has 0 amide bonds. The van der Waals surface area contributed by atoms with E-state index in [9.17, 15) is 5.26 Å². The molecule has 1 saturated carbocycles. The van der Waals surface area contributed by atoms with Gasteiger partial charge in [0, 0.05) is 23.6 Å². The zero-order chi connectivity index (χ0) is 16.8. The second-order valence-corrected chi connectivity index (χ2v) is 8.79. The van der Waals surface area contributed by atoms with Crippen LogP contribution in [0.5, 0.6) is 5.75 Å². The summed E-state index contributed by atoms with van der Waals surface area (Å²) in [5.41, 5.74) is 3.46. The number of fused-ring (bicyclic) bond motifs is 1. The smallest absolute Gasteiger partial charge is 0.141 e. The van der Waals surface area contributed by atoms with Crippen molar-refractivity contribution in [2.75, 3.05) is 20.2 Å². The van der Waals surface area contributed by atoms with Crippen LogP contribution in [-0.4, -0.2) is 42.8 Å². The summed E-state index contributed by atoms with van der Waals surface area (Å²) < 4.78 is 13.1. The Bertz CT molecular complexity index is 807. The molecule has 2 saturated heterocycles. The highest BCUT2D eigenvalue weighted by atomic mass is 16.6. The van der Waals surface area contributed by atoms with Crippen molar-refractivity contribution in [3.8, 4) is 11.8 Å². The molecule has 2 unspecified atom stereocenters. The lowest BCUT2D eigenvalue weighted by Gasteiger charge is -2.61. The Morgan fingerprint density at radius 2 is 2.20 bits per heavy atom. The SMILES string of the molecule is CN1CCC23c4c5ccc(C#N)c4O[C@H]2C2(CCCO2)CC[C@H]3[C@H]1C5. The van der Waals surface area contributed by atoms with Gasteiger partial charge in [-0.05, 0) is 69.7 Å². The van der Waals surface area contributed by atoms with Crippen molar-refractivity contribution in [2.24, 2.45) is 5.92 Å². The first-order valence-electron chi connectivity index (χ1n) is 9.77. The second kappa shape index (κ2) is 4.58. The Morgan fingerprint density at radius 3 is 3.00 bits per heavy atom. The van der Waals surface area contributed by atoms with Crippen LogP contribution in [0.15, 0.2) is 12.1 Å². The summed E-state index contributed by atoms with van der Waals surface area (Å²) in [6, 6.07) is 7.16. The molecule has 3 fully saturated rings. The minimum absolute atomic E-state index is 0.0650. The third-order valence-corrected chi connectivity index (χ3v) is 8.02. The van der Waals surface area contributed by atoms with E-state index in [0.717, 1.165) is 51.0 Å². The Balaban J connectivity index is 1.64. The third kappa shape index (κ3) is 1.52. The zero-order valence-corrected chi connectivity index (χ0v) is 14.8. The van der Waals surface area contributed by atoms with Crippen molar-refractivity contribution >= 4 is 0 Å². The minimum Gasteiger partial charge on any atom is -0.485 e. The van der Waals surface area contributed by atoms with Crippen LogP contribution in [0.1, 0.15) is 48.8 Å². The van der Waals surface area contributed by atoms with Gasteiger partial charge in [-0.1, -0.05) is 6.07 Å². The molecule has 5 aliphatic rings. The number of hydrogen-bond acceptors (Lipinski definition) is 4. The molecule has 25 heavy (non-hydrogen) atoms. The molecule has 0 radical (unpaired) electrons. The molecule has 130 valence electrons. The molecule has 3 heterocycles. The lowest BCUT2D eigenvalue weighted by atomic mass is 9.49. The first-order valence-corrected chi connectivity index (χ1v) is 9.77. The molecule has 4 nitrogen and oxygen atoms in total. The zero-order valence-electron chi connectivity index (χ0n) is 14.8. The van der Waals surface area contributed by atoms with Gasteiger partial charge in [0.2, 0.25) is 0 Å². The Morgan fingerprint density at radius 1 is 1.28 bits per heavy atom. The summed E-state index contributed by atoms with van der Waals surface area (Å²) >= 11 is 0. The number of hydrogen-bond donors (Lipinski definition) is 0. The molecular formula is C21H24N2O2. The first-order chi connectivity index (χ1) is 12.2. The van der Waals surface area contributed by atoms with Crippen molar-refractivity contribution < 1.29 is 9.47 Å². The average molecular weight is 336 g/mol. The predicted molar refractivity (Wildman–Crippen MR) is 92.6 cm³/mol. The maximum absolute atomic E-state index is 9.66. The van der Waals surface area contributed by atoms with Crippen molar-refractivity contribution in [3.63, 3.8) is 0 Å². The molecule has 2 spiro atoms. The summed E-state index contributed by atoms with van der Waals surface area (Å²) in [5.74, 6) is 1.53. The van der Waals surface area contributed by atoms with Gasteiger partial charge >= 0.3 is 0 Å². The molecule has 1 aromatic carbocycles. The Kier molecular flexibility index (Phi) is 2.67. The van der Waals surface area contributed by atoms with E-state index in [0.29, 0.717) is 17.5 Å². The standard InChI is InChI=1S/C21H24N2O2/c1-23-9-8-21-15-5-7-20(6-2-10-24-20)19(21)25-18-14(12-22)4-3-13(17(18)21)11-16(15)23/h3-4,15-16,19H,2,5-11H2,1H3/t15-,16+,19-,20?,21?/m0/s1. The lowest BCUT2D eigenvalue weighted by molar-refractivity contribution is -0.163. The van der Waals surface area contributed by atoms with Crippen LogP contribution in [0.25, 0.3) is 0 Å². The van der Waals surface area contributed by atoms with Crippen molar-refractivity contribution in [1.29, 1.82) is 5.26 Å². The fourth-order valence-corrected chi connectivity index (χ4v) is 7.07. The van der Waals surface area contributed by atoms with E-state index in [1.165, 1.54) is 17.5 Å². The number of piperidine rings is 1. The largest absolute Gasteiger partial charge is 0.485 e. The number of nitrogens with zero attached hydrogens (tertiary/aromatic N) is 2. The fourth-order valence-electron chi connectivity index (χ4n) is 7.07. The summed E-state index contributed by atoms with van der Waals surface area (Å²) in [7, 11) is 2.29. The number of likely N-dealkylation sites (tertiary alicyclic amines) is 1. The van der Waals surface area contributed by atoms with E-state index in [1.54, 1.807) is 0 Å². The molecule has 5 atom stereocenters. The van der Waals surface area contributed by atoms with Crippen LogP contribution in [0.2, 0.25) is 0 Å². The van der Waals surface area contributed by atoms with Crippen LogP contribution in [0.3, 0.4) is 0 Å². The quantitative estimate of drug-likeness (QED) is 0.731. The van der Waals surface area contributed by atoms with Crippen LogP contribution in [0.4, 0.5) is 0 Å². The van der Waals surface area contributed by atoms with E-state index in [1.807, 2.05) is 6.07 Å². The number of benzene rings is 1. The van der Waals surface area contributed by atoms with Crippen molar-refractivity contribution in [2.45, 2.75) is 61.7 Å². The topological polar surface area (TPSA) is 45.5 Å². The van der Waals surface area contributed by atoms with Gasteiger partial charge in [0.25, 0.3) is 0 Å². The van der Waals surface area contributed by atoms with E-state index in [4.69, 9.17) is 9.47 Å². The molecule has 2 bridgehead atoms. The van der Waals surface area contributed by atoms with Crippen molar-refractivity contribution in [1.82, 2.24) is 4.90 Å². The first kappa shape index (κ1) is 14.6. The van der Waals surface area contributed by atoms with E-state index in [-0.39, 0.29) is 17.1 Å². The lowest BCUT2D eigenvalue weighted by Crippen LogP contribution is -2.69. The summed E-state index contributed by atoms with van der Waals surface area (Å²) in [6.07, 6.45) is 6.91. The number of nitriles is 1.